The average Bonchev–Trinajstić information content (AvgIpc) is 3.32. The molecule has 3 aliphatic heterocycles. The second-order valence-electron chi connectivity index (χ2n) is 9.49. The van der Waals surface area contributed by atoms with Gasteiger partial charge in [0.1, 0.15) is 5.41 Å². The van der Waals surface area contributed by atoms with Crippen molar-refractivity contribution in [1.82, 2.24) is 0 Å². The summed E-state index contributed by atoms with van der Waals surface area (Å²) < 4.78 is 0. The Morgan fingerprint density at radius 1 is 0.971 bits per heavy atom. The van der Waals surface area contributed by atoms with Crippen LogP contribution in [-0.2, 0) is 15.0 Å². The van der Waals surface area contributed by atoms with E-state index in [-0.39, 0.29) is 17.5 Å². The molecule has 1 saturated heterocycles. The number of hydrogen-bond donors (Lipinski definition) is 1. The van der Waals surface area contributed by atoms with Crippen LogP contribution in [0.2, 0.25) is 5.02 Å². The lowest BCUT2D eigenvalue weighted by atomic mass is 9.64. The summed E-state index contributed by atoms with van der Waals surface area (Å²) in [4.78, 5) is 43.7. The van der Waals surface area contributed by atoms with E-state index in [0.29, 0.717) is 16.3 Å². The van der Waals surface area contributed by atoms with Gasteiger partial charge in [-0.05, 0) is 61.4 Å². The van der Waals surface area contributed by atoms with Gasteiger partial charge in [0, 0.05) is 27.5 Å². The van der Waals surface area contributed by atoms with Crippen LogP contribution in [0.15, 0.2) is 78.9 Å². The Balaban J connectivity index is 1.68. The first-order valence-corrected chi connectivity index (χ1v) is 12.0. The lowest BCUT2D eigenvalue weighted by molar-refractivity contribution is -0.122. The molecule has 0 saturated carbocycles. The van der Waals surface area contributed by atoms with Crippen molar-refractivity contribution in [2.24, 2.45) is 5.92 Å². The van der Waals surface area contributed by atoms with E-state index in [4.69, 9.17) is 11.6 Å². The van der Waals surface area contributed by atoms with Crippen molar-refractivity contribution in [2.45, 2.75) is 31.3 Å². The zero-order valence-electron chi connectivity index (χ0n) is 19.3. The van der Waals surface area contributed by atoms with E-state index >= 15 is 0 Å². The molecule has 1 spiro atoms. The highest BCUT2D eigenvalue weighted by atomic mass is 35.5. The number of nitrogens with zero attached hydrogens (tertiary/aromatic N) is 1. The summed E-state index contributed by atoms with van der Waals surface area (Å²) in [5, 5.41) is 3.54. The molecule has 6 rings (SSSR count). The molecule has 3 aromatic rings. The number of Topliss-reactive ketones (excluding diaryl/α,β-unsaturated/α-hetero) is 2. The molecule has 0 unspecified atom stereocenters. The van der Waals surface area contributed by atoms with Crippen LogP contribution in [0.5, 0.6) is 0 Å². The molecule has 6 heteroatoms. The van der Waals surface area contributed by atoms with Crippen LogP contribution in [0.1, 0.15) is 35.3 Å². The Kier molecular flexibility index (Phi) is 4.77. The molecular weight excluding hydrogens is 460 g/mol. The van der Waals surface area contributed by atoms with Crippen molar-refractivity contribution in [3.05, 3.63) is 101 Å². The van der Waals surface area contributed by atoms with Crippen molar-refractivity contribution < 1.29 is 14.4 Å². The van der Waals surface area contributed by atoms with E-state index in [1.54, 1.807) is 24.3 Å². The third-order valence-corrected chi connectivity index (χ3v) is 7.96. The van der Waals surface area contributed by atoms with Gasteiger partial charge in [0.15, 0.2) is 11.6 Å². The largest absolute Gasteiger partial charge is 0.352 e. The van der Waals surface area contributed by atoms with Gasteiger partial charge in [-0.2, -0.15) is 0 Å². The van der Waals surface area contributed by atoms with E-state index in [9.17, 15) is 14.4 Å². The lowest BCUT2D eigenvalue weighted by Crippen LogP contribution is -2.51. The Morgan fingerprint density at radius 3 is 2.40 bits per heavy atom. The minimum absolute atomic E-state index is 0.154. The fourth-order valence-electron chi connectivity index (χ4n) is 6.33. The minimum Gasteiger partial charge on any atom is -0.352 e. The molecule has 3 aliphatic rings. The third-order valence-electron chi connectivity index (χ3n) is 7.71. The zero-order chi connectivity index (χ0) is 24.5. The second kappa shape index (κ2) is 7.65. The van der Waals surface area contributed by atoms with Crippen molar-refractivity contribution in [3.63, 3.8) is 0 Å². The summed E-state index contributed by atoms with van der Waals surface area (Å²) in [5.41, 5.74) is 3.46. The number of para-hydroxylation sites is 2. The molecule has 1 fully saturated rings. The molecule has 3 aromatic carbocycles. The Morgan fingerprint density at radius 2 is 1.66 bits per heavy atom. The van der Waals surface area contributed by atoms with Crippen LogP contribution in [0.25, 0.3) is 5.57 Å². The fraction of sp³-hybridized carbons (Fsp3) is 0.207. The number of rotatable bonds is 3. The quantitative estimate of drug-likeness (QED) is 0.515. The van der Waals surface area contributed by atoms with Gasteiger partial charge in [-0.15, -0.1) is 0 Å². The molecule has 1 amide bonds. The summed E-state index contributed by atoms with van der Waals surface area (Å²) in [6.07, 6.45) is 2.05. The van der Waals surface area contributed by atoms with Crippen molar-refractivity contribution in [1.29, 1.82) is 0 Å². The topological polar surface area (TPSA) is 66.5 Å². The Bertz CT molecular complexity index is 1440. The normalized spacial score (nSPS) is 26.0. The molecular formula is C29H23ClN2O3. The molecule has 4 atom stereocenters. The second-order valence-corrected chi connectivity index (χ2v) is 9.93. The first-order valence-electron chi connectivity index (χ1n) is 11.6. The highest BCUT2D eigenvalue weighted by Gasteiger charge is 2.70. The maximum atomic E-state index is 14.3. The van der Waals surface area contributed by atoms with E-state index in [2.05, 4.69) is 11.4 Å². The third kappa shape index (κ3) is 2.85. The maximum Gasteiger partial charge on any atom is 0.238 e. The summed E-state index contributed by atoms with van der Waals surface area (Å²) in [6, 6.07) is 20.7. The van der Waals surface area contributed by atoms with Gasteiger partial charge >= 0.3 is 0 Å². The number of halogens is 1. The fourth-order valence-corrected chi connectivity index (χ4v) is 6.46. The number of amides is 1. The van der Waals surface area contributed by atoms with Gasteiger partial charge < -0.3 is 10.2 Å². The number of nitrogens with one attached hydrogen (secondary N) is 1. The number of allylic oxidation sites excluding steroid dienone is 1. The summed E-state index contributed by atoms with van der Waals surface area (Å²) in [6.45, 7) is 3.52. The molecule has 3 heterocycles. The van der Waals surface area contributed by atoms with Crippen molar-refractivity contribution in [3.8, 4) is 0 Å². The van der Waals surface area contributed by atoms with Gasteiger partial charge in [-0.3, -0.25) is 14.4 Å². The van der Waals surface area contributed by atoms with Crippen molar-refractivity contribution in [2.75, 3.05) is 10.2 Å². The highest BCUT2D eigenvalue weighted by molar-refractivity contribution is 6.30. The number of fused-ring (bicyclic) bond motifs is 6. The Labute approximate surface area is 208 Å². The molecule has 0 bridgehead atoms. The van der Waals surface area contributed by atoms with E-state index in [1.165, 1.54) is 6.92 Å². The van der Waals surface area contributed by atoms with Crippen LogP contribution in [0.4, 0.5) is 11.4 Å². The van der Waals surface area contributed by atoms with Crippen LogP contribution in [-0.4, -0.2) is 29.6 Å². The van der Waals surface area contributed by atoms with E-state index < -0.39 is 23.4 Å². The molecule has 5 nitrogen and oxygen atoms in total. The predicted molar refractivity (Wildman–Crippen MR) is 137 cm³/mol. The standard InChI is InChI=1S/C29H23ClN2O3/c1-16-15-24-29(21-8-4-5-9-22(21)31-28(29)35)25(27(34)18-11-13-19(30)14-12-18)26(17(2)33)32(24)23-10-6-3-7-20(16)23/h3-15,24-26H,1-2H3,(H,31,35)/t24-,25+,26+,29+/m0/s1. The number of hydrogen-bond acceptors (Lipinski definition) is 4. The summed E-state index contributed by atoms with van der Waals surface area (Å²) >= 11 is 6.09. The molecule has 0 radical (unpaired) electrons. The van der Waals surface area contributed by atoms with Crippen LogP contribution < -0.4 is 10.2 Å². The van der Waals surface area contributed by atoms with Crippen LogP contribution in [0.3, 0.4) is 0 Å². The van der Waals surface area contributed by atoms with Gasteiger partial charge in [0.2, 0.25) is 5.91 Å². The SMILES string of the molecule is CC(=O)[C@@H]1[C@H](C(=O)c2ccc(Cl)cc2)[C@]2(C(=O)Nc3ccccc32)[C@@H]2C=C(C)c3ccccc3N12. The van der Waals surface area contributed by atoms with Gasteiger partial charge in [-0.1, -0.05) is 54.1 Å². The van der Waals surface area contributed by atoms with E-state index in [1.807, 2.05) is 60.4 Å². The predicted octanol–water partition coefficient (Wildman–Crippen LogP) is 5.29. The first kappa shape index (κ1) is 21.8. The minimum atomic E-state index is -1.27. The molecule has 1 N–H and O–H groups in total. The number of carbonyl (C=O) groups excluding carboxylic acids is 3. The number of anilines is 2. The average molecular weight is 483 g/mol. The molecule has 35 heavy (non-hydrogen) atoms. The zero-order valence-corrected chi connectivity index (χ0v) is 20.0. The molecule has 174 valence electrons. The number of carbonyl (C=O) groups is 3. The number of benzene rings is 3. The maximum absolute atomic E-state index is 14.3. The lowest BCUT2D eigenvalue weighted by Gasteiger charge is -2.39. The highest BCUT2D eigenvalue weighted by Crippen LogP contribution is 2.58. The van der Waals surface area contributed by atoms with Crippen LogP contribution in [0, 0.1) is 5.92 Å². The smallest absolute Gasteiger partial charge is 0.238 e. The van der Waals surface area contributed by atoms with Gasteiger partial charge in [0.05, 0.1) is 18.0 Å². The van der Waals surface area contributed by atoms with Crippen LogP contribution >= 0.6 is 11.6 Å². The van der Waals surface area contributed by atoms with Crippen molar-refractivity contribution >= 4 is 46.0 Å². The number of ketones is 2. The molecule has 0 aromatic heterocycles. The Hall–Kier alpha value is -3.70. The molecule has 0 aliphatic carbocycles. The monoisotopic (exact) mass is 482 g/mol. The van der Waals surface area contributed by atoms with Gasteiger partial charge in [-0.25, -0.2) is 0 Å². The summed E-state index contributed by atoms with van der Waals surface area (Å²) in [7, 11) is 0. The summed E-state index contributed by atoms with van der Waals surface area (Å²) in [5.74, 6) is -1.58. The van der Waals surface area contributed by atoms with Gasteiger partial charge in [0.25, 0.3) is 0 Å². The van der Waals surface area contributed by atoms with E-state index in [0.717, 1.165) is 22.4 Å². The first-order chi connectivity index (χ1) is 16.9.